The van der Waals surface area contributed by atoms with E-state index in [2.05, 4.69) is 29.4 Å². The van der Waals surface area contributed by atoms with Crippen molar-refractivity contribution in [1.82, 2.24) is 4.98 Å². The summed E-state index contributed by atoms with van der Waals surface area (Å²) in [6.07, 6.45) is 3.73. The van der Waals surface area contributed by atoms with Crippen molar-refractivity contribution >= 4 is 5.69 Å². The van der Waals surface area contributed by atoms with Crippen molar-refractivity contribution in [2.24, 2.45) is 0 Å². The Morgan fingerprint density at radius 1 is 1.13 bits per heavy atom. The predicted octanol–water partition coefficient (Wildman–Crippen LogP) is 3.00. The second-order valence-corrected chi connectivity index (χ2v) is 3.52. The van der Waals surface area contributed by atoms with Gasteiger partial charge in [-0.05, 0) is 36.2 Å². The van der Waals surface area contributed by atoms with E-state index >= 15 is 0 Å². The van der Waals surface area contributed by atoms with Crippen LogP contribution in [-0.2, 0) is 6.54 Å². The van der Waals surface area contributed by atoms with Gasteiger partial charge in [0.25, 0.3) is 0 Å². The number of benzene rings is 1. The van der Waals surface area contributed by atoms with Gasteiger partial charge in [0.1, 0.15) is 0 Å². The fourth-order valence-electron chi connectivity index (χ4n) is 1.44. The first-order valence-electron chi connectivity index (χ1n) is 5.04. The van der Waals surface area contributed by atoms with Crippen molar-refractivity contribution in [2.45, 2.75) is 13.5 Å². The fourth-order valence-corrected chi connectivity index (χ4v) is 1.44. The van der Waals surface area contributed by atoms with E-state index in [9.17, 15) is 0 Å². The molecule has 1 heterocycles. The van der Waals surface area contributed by atoms with Crippen LogP contribution in [0.15, 0.2) is 48.8 Å². The fraction of sp³-hybridized carbons (Fsp3) is 0.154. The summed E-state index contributed by atoms with van der Waals surface area (Å²) in [6, 6.07) is 12.2. The van der Waals surface area contributed by atoms with Crippen molar-refractivity contribution in [3.8, 4) is 0 Å². The Morgan fingerprint density at radius 2 is 1.93 bits per heavy atom. The Morgan fingerprint density at radius 3 is 2.67 bits per heavy atom. The molecule has 2 nitrogen and oxygen atoms in total. The molecule has 0 saturated heterocycles. The van der Waals surface area contributed by atoms with Crippen LogP contribution in [0.25, 0.3) is 0 Å². The Labute approximate surface area is 90.0 Å². The zero-order valence-corrected chi connectivity index (χ0v) is 8.77. The molecule has 1 aromatic heterocycles. The minimum absolute atomic E-state index is 0.823. The number of hydrogen-bond donors (Lipinski definition) is 1. The lowest BCUT2D eigenvalue weighted by atomic mass is 10.1. The Bertz CT molecular complexity index is 424. The highest BCUT2D eigenvalue weighted by Crippen LogP contribution is 2.10. The number of para-hydroxylation sites is 1. The van der Waals surface area contributed by atoms with E-state index < -0.39 is 0 Å². The third-order valence-electron chi connectivity index (χ3n) is 2.40. The number of pyridine rings is 1. The highest BCUT2D eigenvalue weighted by atomic mass is 14.9. The van der Waals surface area contributed by atoms with Crippen molar-refractivity contribution in [1.29, 1.82) is 0 Å². The molecule has 2 rings (SSSR count). The zero-order valence-electron chi connectivity index (χ0n) is 8.77. The Kier molecular flexibility index (Phi) is 2.98. The second kappa shape index (κ2) is 4.60. The van der Waals surface area contributed by atoms with E-state index in [-0.39, 0.29) is 0 Å². The van der Waals surface area contributed by atoms with Gasteiger partial charge in [-0.2, -0.15) is 0 Å². The predicted molar refractivity (Wildman–Crippen MR) is 62.7 cm³/mol. The molecular weight excluding hydrogens is 184 g/mol. The van der Waals surface area contributed by atoms with Gasteiger partial charge in [0, 0.05) is 24.6 Å². The molecule has 0 aliphatic heterocycles. The van der Waals surface area contributed by atoms with Gasteiger partial charge in [-0.25, -0.2) is 0 Å². The average molecular weight is 198 g/mol. The molecular formula is C13H14N2. The van der Waals surface area contributed by atoms with E-state index in [1.807, 2.05) is 36.7 Å². The largest absolute Gasteiger partial charge is 0.381 e. The van der Waals surface area contributed by atoms with Crippen molar-refractivity contribution in [3.05, 3.63) is 59.9 Å². The molecule has 0 atom stereocenters. The van der Waals surface area contributed by atoms with Gasteiger partial charge >= 0.3 is 0 Å². The zero-order chi connectivity index (χ0) is 10.5. The lowest BCUT2D eigenvalue weighted by Crippen LogP contribution is -2.01. The lowest BCUT2D eigenvalue weighted by Gasteiger charge is -2.07. The van der Waals surface area contributed by atoms with Crippen molar-refractivity contribution in [2.75, 3.05) is 5.32 Å². The smallest absolute Gasteiger partial charge is 0.0418 e. The first-order valence-corrected chi connectivity index (χ1v) is 5.04. The summed E-state index contributed by atoms with van der Waals surface area (Å²) in [5, 5.41) is 3.36. The SMILES string of the molecule is Cc1ccncc1CNc1ccccc1. The van der Waals surface area contributed by atoms with Gasteiger partial charge < -0.3 is 5.32 Å². The topological polar surface area (TPSA) is 24.9 Å². The maximum absolute atomic E-state index is 4.12. The number of aromatic nitrogens is 1. The Balaban J connectivity index is 2.03. The summed E-state index contributed by atoms with van der Waals surface area (Å²) >= 11 is 0. The second-order valence-electron chi connectivity index (χ2n) is 3.52. The van der Waals surface area contributed by atoms with E-state index in [4.69, 9.17) is 0 Å². The number of hydrogen-bond acceptors (Lipinski definition) is 2. The molecule has 15 heavy (non-hydrogen) atoms. The van der Waals surface area contributed by atoms with Crippen molar-refractivity contribution in [3.63, 3.8) is 0 Å². The van der Waals surface area contributed by atoms with Gasteiger partial charge in [-0.1, -0.05) is 18.2 Å². The molecule has 0 unspecified atom stereocenters. The van der Waals surface area contributed by atoms with Crippen LogP contribution >= 0.6 is 0 Å². The van der Waals surface area contributed by atoms with E-state index in [0.29, 0.717) is 0 Å². The van der Waals surface area contributed by atoms with Crippen molar-refractivity contribution < 1.29 is 0 Å². The van der Waals surface area contributed by atoms with Crippen LogP contribution in [0.5, 0.6) is 0 Å². The van der Waals surface area contributed by atoms with Gasteiger partial charge in [-0.3, -0.25) is 4.98 Å². The number of rotatable bonds is 3. The normalized spacial score (nSPS) is 9.93. The molecule has 76 valence electrons. The number of aryl methyl sites for hydroxylation is 1. The summed E-state index contributed by atoms with van der Waals surface area (Å²) < 4.78 is 0. The van der Waals surface area contributed by atoms with Crippen LogP contribution < -0.4 is 5.32 Å². The molecule has 2 aromatic rings. The van der Waals surface area contributed by atoms with Gasteiger partial charge in [0.2, 0.25) is 0 Å². The molecule has 0 aliphatic rings. The minimum Gasteiger partial charge on any atom is -0.381 e. The lowest BCUT2D eigenvalue weighted by molar-refractivity contribution is 1.08. The summed E-state index contributed by atoms with van der Waals surface area (Å²) in [7, 11) is 0. The summed E-state index contributed by atoms with van der Waals surface area (Å²) in [6.45, 7) is 2.92. The molecule has 0 bridgehead atoms. The molecule has 0 saturated carbocycles. The maximum atomic E-state index is 4.12. The molecule has 0 spiro atoms. The first kappa shape index (κ1) is 9.71. The number of anilines is 1. The highest BCUT2D eigenvalue weighted by molar-refractivity contribution is 5.43. The monoisotopic (exact) mass is 198 g/mol. The van der Waals surface area contributed by atoms with Gasteiger partial charge in [0.15, 0.2) is 0 Å². The quantitative estimate of drug-likeness (QED) is 0.820. The standard InChI is InChI=1S/C13H14N2/c1-11-7-8-14-9-12(11)10-15-13-5-3-2-4-6-13/h2-9,15H,10H2,1H3. The summed E-state index contributed by atoms with van der Waals surface area (Å²) in [4.78, 5) is 4.12. The average Bonchev–Trinajstić information content (AvgIpc) is 2.29. The van der Waals surface area contributed by atoms with E-state index in [1.165, 1.54) is 11.1 Å². The van der Waals surface area contributed by atoms with Crippen LogP contribution in [0, 0.1) is 6.92 Å². The highest BCUT2D eigenvalue weighted by Gasteiger charge is 1.96. The summed E-state index contributed by atoms with van der Waals surface area (Å²) in [5.74, 6) is 0. The molecule has 0 fully saturated rings. The molecule has 1 N–H and O–H groups in total. The van der Waals surface area contributed by atoms with Crippen LogP contribution in [0.3, 0.4) is 0 Å². The number of nitrogens with zero attached hydrogens (tertiary/aromatic N) is 1. The van der Waals surface area contributed by atoms with Crippen LogP contribution in [0.4, 0.5) is 5.69 Å². The number of nitrogens with one attached hydrogen (secondary N) is 1. The molecule has 0 radical (unpaired) electrons. The third kappa shape index (κ3) is 2.56. The van der Waals surface area contributed by atoms with E-state index in [0.717, 1.165) is 12.2 Å². The van der Waals surface area contributed by atoms with Gasteiger partial charge in [0.05, 0.1) is 0 Å². The first-order chi connectivity index (χ1) is 7.36. The van der Waals surface area contributed by atoms with Crippen LogP contribution in [-0.4, -0.2) is 4.98 Å². The molecule has 0 amide bonds. The van der Waals surface area contributed by atoms with Crippen LogP contribution in [0.1, 0.15) is 11.1 Å². The third-order valence-corrected chi connectivity index (χ3v) is 2.40. The van der Waals surface area contributed by atoms with Crippen LogP contribution in [0.2, 0.25) is 0 Å². The molecule has 2 heteroatoms. The van der Waals surface area contributed by atoms with Gasteiger partial charge in [-0.15, -0.1) is 0 Å². The Hall–Kier alpha value is -1.83. The molecule has 1 aromatic carbocycles. The minimum atomic E-state index is 0.823. The molecule has 0 aliphatic carbocycles. The maximum Gasteiger partial charge on any atom is 0.0418 e. The van der Waals surface area contributed by atoms with E-state index in [1.54, 1.807) is 0 Å². The summed E-state index contributed by atoms with van der Waals surface area (Å²) in [5.41, 5.74) is 3.65.